The lowest BCUT2D eigenvalue weighted by molar-refractivity contribution is -0.140. The van der Waals surface area contributed by atoms with Gasteiger partial charge in [-0.25, -0.2) is 9.97 Å². The molecular formula is C14H19N3O2S. The van der Waals surface area contributed by atoms with Crippen LogP contribution in [0, 0.1) is 0 Å². The highest BCUT2D eigenvalue weighted by Gasteiger charge is 2.12. The van der Waals surface area contributed by atoms with Gasteiger partial charge in [0.05, 0.1) is 12.5 Å². The minimum atomic E-state index is -0.171. The van der Waals surface area contributed by atoms with Crippen molar-refractivity contribution in [2.45, 2.75) is 26.2 Å². The van der Waals surface area contributed by atoms with Crippen molar-refractivity contribution >= 4 is 33.3 Å². The third-order valence-electron chi connectivity index (χ3n) is 3.17. The van der Waals surface area contributed by atoms with Gasteiger partial charge in [-0.3, -0.25) is 4.79 Å². The van der Waals surface area contributed by atoms with Crippen LogP contribution >= 0.6 is 11.3 Å². The monoisotopic (exact) mass is 293 g/mol. The van der Waals surface area contributed by atoms with Crippen LogP contribution in [0.15, 0.2) is 12.4 Å². The number of aromatic nitrogens is 2. The Labute approximate surface area is 122 Å². The standard InChI is InChI=1S/C14H19N3O2S/c1-4-10-8-11-13(15-9-16-14(11)20-10)17(2)7-5-6-12(18)19-3/h8-9H,4-7H2,1-3H3. The Hall–Kier alpha value is -1.69. The minimum Gasteiger partial charge on any atom is -0.469 e. The second-order valence-corrected chi connectivity index (χ2v) is 5.70. The first-order valence-corrected chi connectivity index (χ1v) is 7.48. The molecule has 0 radical (unpaired) electrons. The van der Waals surface area contributed by atoms with Crippen LogP contribution in [0.5, 0.6) is 0 Å². The van der Waals surface area contributed by atoms with E-state index in [1.165, 1.54) is 12.0 Å². The van der Waals surface area contributed by atoms with E-state index in [0.29, 0.717) is 6.42 Å². The lowest BCUT2D eigenvalue weighted by atomic mass is 10.2. The molecule has 2 heterocycles. The average Bonchev–Trinajstić information content (AvgIpc) is 2.89. The molecule has 2 aromatic heterocycles. The van der Waals surface area contributed by atoms with E-state index in [1.54, 1.807) is 17.7 Å². The van der Waals surface area contributed by atoms with Gasteiger partial charge in [-0.1, -0.05) is 6.92 Å². The Morgan fingerprint density at radius 1 is 1.45 bits per heavy atom. The molecule has 0 amide bonds. The molecule has 0 atom stereocenters. The highest BCUT2D eigenvalue weighted by molar-refractivity contribution is 7.18. The molecule has 0 spiro atoms. The van der Waals surface area contributed by atoms with E-state index < -0.39 is 0 Å². The molecule has 20 heavy (non-hydrogen) atoms. The lowest BCUT2D eigenvalue weighted by Crippen LogP contribution is -2.20. The van der Waals surface area contributed by atoms with Crippen molar-refractivity contribution in [3.05, 3.63) is 17.3 Å². The van der Waals surface area contributed by atoms with Gasteiger partial charge < -0.3 is 9.64 Å². The summed E-state index contributed by atoms with van der Waals surface area (Å²) in [6.45, 7) is 2.90. The number of carbonyl (C=O) groups excluding carboxylic acids is 1. The third-order valence-corrected chi connectivity index (χ3v) is 4.36. The molecule has 0 aliphatic rings. The van der Waals surface area contributed by atoms with Crippen LogP contribution in [0.2, 0.25) is 0 Å². The van der Waals surface area contributed by atoms with Gasteiger partial charge in [0.1, 0.15) is 17.0 Å². The molecule has 0 aliphatic heterocycles. The molecule has 0 aliphatic carbocycles. The fraction of sp³-hybridized carbons (Fsp3) is 0.500. The van der Waals surface area contributed by atoms with Crippen LogP contribution in [-0.2, 0) is 16.0 Å². The Kier molecular flexibility index (Phi) is 4.89. The fourth-order valence-electron chi connectivity index (χ4n) is 2.04. The number of esters is 1. The normalized spacial score (nSPS) is 10.8. The number of thiophene rings is 1. The van der Waals surface area contributed by atoms with Crippen molar-refractivity contribution in [2.75, 3.05) is 25.6 Å². The van der Waals surface area contributed by atoms with E-state index in [2.05, 4.69) is 32.6 Å². The maximum atomic E-state index is 11.1. The van der Waals surface area contributed by atoms with Gasteiger partial charge in [0.15, 0.2) is 0 Å². The predicted molar refractivity (Wildman–Crippen MR) is 81.3 cm³/mol. The van der Waals surface area contributed by atoms with Crippen LogP contribution in [0.3, 0.4) is 0 Å². The van der Waals surface area contributed by atoms with Gasteiger partial charge >= 0.3 is 5.97 Å². The first-order valence-electron chi connectivity index (χ1n) is 6.67. The number of aryl methyl sites for hydroxylation is 1. The largest absolute Gasteiger partial charge is 0.469 e. The van der Waals surface area contributed by atoms with Crippen molar-refractivity contribution in [3.63, 3.8) is 0 Å². The molecule has 6 heteroatoms. The zero-order valence-electron chi connectivity index (χ0n) is 12.0. The van der Waals surface area contributed by atoms with Crippen LogP contribution in [-0.4, -0.2) is 36.6 Å². The summed E-state index contributed by atoms with van der Waals surface area (Å²) in [6.07, 6.45) is 3.79. The number of hydrogen-bond donors (Lipinski definition) is 0. The highest BCUT2D eigenvalue weighted by Crippen LogP contribution is 2.30. The summed E-state index contributed by atoms with van der Waals surface area (Å²) in [5.41, 5.74) is 0. The molecule has 0 bridgehead atoms. The Bertz CT molecular complexity index is 597. The van der Waals surface area contributed by atoms with Crippen LogP contribution in [0.4, 0.5) is 5.82 Å². The molecule has 0 N–H and O–H groups in total. The van der Waals surface area contributed by atoms with E-state index in [1.807, 2.05) is 7.05 Å². The van der Waals surface area contributed by atoms with Gasteiger partial charge in [0.2, 0.25) is 0 Å². The molecule has 2 aromatic rings. The summed E-state index contributed by atoms with van der Waals surface area (Å²) >= 11 is 1.71. The molecule has 5 nitrogen and oxygen atoms in total. The first kappa shape index (κ1) is 14.7. The molecule has 0 saturated heterocycles. The molecule has 108 valence electrons. The second kappa shape index (κ2) is 6.65. The molecule has 0 fully saturated rings. The zero-order chi connectivity index (χ0) is 14.5. The van der Waals surface area contributed by atoms with Crippen molar-refractivity contribution in [1.82, 2.24) is 9.97 Å². The summed E-state index contributed by atoms with van der Waals surface area (Å²) in [6, 6.07) is 2.16. The Morgan fingerprint density at radius 3 is 2.95 bits per heavy atom. The molecular weight excluding hydrogens is 274 g/mol. The molecule has 0 saturated carbocycles. The van der Waals surface area contributed by atoms with E-state index in [-0.39, 0.29) is 5.97 Å². The van der Waals surface area contributed by atoms with Crippen LogP contribution < -0.4 is 4.90 Å². The summed E-state index contributed by atoms with van der Waals surface area (Å²) in [4.78, 5) is 24.2. The van der Waals surface area contributed by atoms with Gasteiger partial charge in [-0.05, 0) is 18.9 Å². The number of ether oxygens (including phenoxy) is 1. The number of nitrogens with zero attached hydrogens (tertiary/aromatic N) is 3. The highest BCUT2D eigenvalue weighted by atomic mass is 32.1. The summed E-state index contributed by atoms with van der Waals surface area (Å²) in [7, 11) is 3.40. The predicted octanol–water partition coefficient (Wildman–Crippen LogP) is 2.64. The maximum absolute atomic E-state index is 11.1. The van der Waals surface area contributed by atoms with Crippen LogP contribution in [0.1, 0.15) is 24.6 Å². The summed E-state index contributed by atoms with van der Waals surface area (Å²) in [5.74, 6) is 0.755. The number of hydrogen-bond acceptors (Lipinski definition) is 6. The average molecular weight is 293 g/mol. The second-order valence-electron chi connectivity index (χ2n) is 4.58. The maximum Gasteiger partial charge on any atom is 0.305 e. The molecule has 0 aromatic carbocycles. The van der Waals surface area contributed by atoms with Gasteiger partial charge in [0, 0.05) is 24.9 Å². The SMILES string of the molecule is CCc1cc2c(N(C)CCCC(=O)OC)ncnc2s1. The van der Waals surface area contributed by atoms with E-state index in [0.717, 1.165) is 35.4 Å². The number of anilines is 1. The molecule has 2 rings (SSSR count). The molecule has 0 unspecified atom stereocenters. The smallest absolute Gasteiger partial charge is 0.305 e. The fourth-order valence-corrected chi connectivity index (χ4v) is 2.97. The van der Waals surface area contributed by atoms with Crippen molar-refractivity contribution in [3.8, 4) is 0 Å². The van der Waals surface area contributed by atoms with E-state index >= 15 is 0 Å². The lowest BCUT2D eigenvalue weighted by Gasteiger charge is -2.18. The third kappa shape index (κ3) is 3.25. The zero-order valence-corrected chi connectivity index (χ0v) is 12.9. The van der Waals surface area contributed by atoms with Crippen molar-refractivity contribution < 1.29 is 9.53 Å². The summed E-state index contributed by atoms with van der Waals surface area (Å²) < 4.78 is 4.64. The summed E-state index contributed by atoms with van der Waals surface area (Å²) in [5, 5.41) is 1.09. The number of rotatable bonds is 6. The Balaban J connectivity index is 2.11. The van der Waals surface area contributed by atoms with Crippen molar-refractivity contribution in [1.29, 1.82) is 0 Å². The van der Waals surface area contributed by atoms with Crippen LogP contribution in [0.25, 0.3) is 10.2 Å². The van der Waals surface area contributed by atoms with E-state index in [4.69, 9.17) is 0 Å². The van der Waals surface area contributed by atoms with Crippen molar-refractivity contribution in [2.24, 2.45) is 0 Å². The van der Waals surface area contributed by atoms with Gasteiger partial charge in [-0.15, -0.1) is 11.3 Å². The number of fused-ring (bicyclic) bond motifs is 1. The topological polar surface area (TPSA) is 55.3 Å². The van der Waals surface area contributed by atoms with E-state index in [9.17, 15) is 4.79 Å². The first-order chi connectivity index (χ1) is 9.65. The number of carbonyl (C=O) groups is 1. The van der Waals surface area contributed by atoms with Gasteiger partial charge in [-0.2, -0.15) is 0 Å². The Morgan fingerprint density at radius 2 is 2.25 bits per heavy atom. The number of methoxy groups -OCH3 is 1. The quantitative estimate of drug-likeness (QED) is 0.766. The minimum absolute atomic E-state index is 0.171. The van der Waals surface area contributed by atoms with Gasteiger partial charge in [0.25, 0.3) is 0 Å².